The lowest BCUT2D eigenvalue weighted by molar-refractivity contribution is -0.267. The second kappa shape index (κ2) is 14.2. The monoisotopic (exact) mass is 503 g/mol. The van der Waals surface area contributed by atoms with Crippen LogP contribution in [0.1, 0.15) is 81.1 Å². The summed E-state index contributed by atoms with van der Waals surface area (Å²) in [4.78, 5) is 15.0. The number of rotatable bonds is 14. The molecule has 0 aromatic heterocycles. The minimum Gasteiger partial charge on any atom is -0.462 e. The van der Waals surface area contributed by atoms with Gasteiger partial charge in [-0.3, -0.25) is 4.79 Å². The first-order valence-electron chi connectivity index (χ1n) is 13.3. The number of aliphatic hydroxyl groups is 3. The van der Waals surface area contributed by atoms with E-state index in [9.17, 15) is 20.1 Å². The summed E-state index contributed by atoms with van der Waals surface area (Å²) in [5, 5.41) is 32.2. The second-order valence-electron chi connectivity index (χ2n) is 11.7. The molecule has 35 heavy (non-hydrogen) atoms. The molecule has 1 fully saturated rings. The minimum absolute atomic E-state index is 0.00507. The van der Waals surface area contributed by atoms with Crippen molar-refractivity contribution in [3.05, 3.63) is 0 Å². The number of carbonyl (C=O) groups excluding carboxylic acids is 1. The minimum atomic E-state index is -1.24. The van der Waals surface area contributed by atoms with Crippen LogP contribution in [0.3, 0.4) is 0 Å². The van der Waals surface area contributed by atoms with Crippen LogP contribution in [0.4, 0.5) is 0 Å². The fourth-order valence-electron chi connectivity index (χ4n) is 5.27. The zero-order valence-corrected chi connectivity index (χ0v) is 23.7. The highest BCUT2D eigenvalue weighted by Gasteiger charge is 2.45. The fraction of sp³-hybridized carbons (Fsp3) is 0.963. The first kappa shape index (κ1) is 32.3. The second-order valence-corrected chi connectivity index (χ2v) is 11.7. The van der Waals surface area contributed by atoms with E-state index in [4.69, 9.17) is 14.2 Å². The summed E-state index contributed by atoms with van der Waals surface area (Å²) >= 11 is 0. The molecule has 0 saturated carbocycles. The van der Waals surface area contributed by atoms with Gasteiger partial charge in [0.05, 0.1) is 29.8 Å². The molecular formula is C27H53NO7. The van der Waals surface area contributed by atoms with E-state index in [0.29, 0.717) is 19.3 Å². The van der Waals surface area contributed by atoms with Gasteiger partial charge in [0, 0.05) is 30.9 Å². The van der Waals surface area contributed by atoms with E-state index in [1.165, 1.54) is 0 Å². The molecule has 1 aliphatic heterocycles. The topological polar surface area (TPSA) is 109 Å². The highest BCUT2D eigenvalue weighted by molar-refractivity contribution is 5.73. The average Bonchev–Trinajstić information content (AvgIpc) is 2.77. The zero-order chi connectivity index (χ0) is 27.1. The summed E-state index contributed by atoms with van der Waals surface area (Å²) in [6.45, 7) is 14.9. The number of esters is 1. The molecule has 3 N–H and O–H groups in total. The number of nitrogens with zero attached hydrogens (tertiary/aromatic N) is 1. The maximum Gasteiger partial charge on any atom is 0.311 e. The van der Waals surface area contributed by atoms with Crippen molar-refractivity contribution in [3.8, 4) is 0 Å². The van der Waals surface area contributed by atoms with Gasteiger partial charge in [0.15, 0.2) is 6.29 Å². The molecule has 0 aromatic carbocycles. The van der Waals surface area contributed by atoms with Gasteiger partial charge in [-0.25, -0.2) is 0 Å². The molecule has 0 spiro atoms. The highest BCUT2D eigenvalue weighted by Crippen LogP contribution is 2.35. The van der Waals surface area contributed by atoms with Crippen LogP contribution in [-0.4, -0.2) is 89.2 Å². The van der Waals surface area contributed by atoms with Crippen molar-refractivity contribution in [2.75, 3.05) is 20.7 Å². The Kier molecular flexibility index (Phi) is 13.1. The van der Waals surface area contributed by atoms with E-state index >= 15 is 0 Å². The smallest absolute Gasteiger partial charge is 0.311 e. The van der Waals surface area contributed by atoms with Crippen molar-refractivity contribution in [3.63, 3.8) is 0 Å². The molecule has 8 heteroatoms. The lowest BCUT2D eigenvalue weighted by Gasteiger charge is -2.44. The molecule has 1 saturated heterocycles. The maximum absolute atomic E-state index is 12.9. The van der Waals surface area contributed by atoms with Crippen LogP contribution in [0.2, 0.25) is 0 Å². The summed E-state index contributed by atoms with van der Waals surface area (Å²) in [5.74, 6) is -1.90. The van der Waals surface area contributed by atoms with E-state index in [0.717, 1.165) is 6.42 Å². The molecule has 1 aliphatic rings. The van der Waals surface area contributed by atoms with Gasteiger partial charge < -0.3 is 34.4 Å². The van der Waals surface area contributed by atoms with Crippen molar-refractivity contribution in [2.45, 2.75) is 123 Å². The number of ether oxygens (including phenoxy) is 3. The Bertz CT molecular complexity index is 627. The standard InChI is InChI=1S/C27H53NO7/c1-11-22(17(4)15-29)34-26(31)20(7)24(30)19(6)25(27(8,32)14-16(2)3)35-23-13-21(28(9)10)12-18(5)33-23/h16-25,29-30,32H,11-15H2,1-10H3/t17?,18?,19?,20?,21?,22-,23-,24?,25?,27?/m0/s1. The van der Waals surface area contributed by atoms with Crippen LogP contribution in [0, 0.1) is 23.7 Å². The molecule has 8 nitrogen and oxygen atoms in total. The predicted molar refractivity (Wildman–Crippen MR) is 137 cm³/mol. The summed E-state index contributed by atoms with van der Waals surface area (Å²) in [5.41, 5.74) is -1.24. The van der Waals surface area contributed by atoms with E-state index < -0.39 is 48.0 Å². The Labute approximate surface area is 213 Å². The first-order chi connectivity index (χ1) is 16.1. The van der Waals surface area contributed by atoms with Crippen LogP contribution in [0.5, 0.6) is 0 Å². The van der Waals surface area contributed by atoms with E-state index in [2.05, 4.69) is 4.90 Å². The van der Waals surface area contributed by atoms with Gasteiger partial charge in [-0.2, -0.15) is 0 Å². The summed E-state index contributed by atoms with van der Waals surface area (Å²) in [7, 11) is 4.07. The quantitative estimate of drug-likeness (QED) is 0.310. The van der Waals surface area contributed by atoms with Crippen molar-refractivity contribution >= 4 is 5.97 Å². The molecular weight excluding hydrogens is 450 g/mol. The van der Waals surface area contributed by atoms with Gasteiger partial charge in [0.2, 0.25) is 0 Å². The third kappa shape index (κ3) is 9.56. The lowest BCUT2D eigenvalue weighted by Crippen LogP contribution is -2.54. The molecule has 0 amide bonds. The van der Waals surface area contributed by atoms with Gasteiger partial charge in [-0.05, 0) is 60.0 Å². The third-order valence-corrected chi connectivity index (χ3v) is 7.41. The summed E-state index contributed by atoms with van der Waals surface area (Å²) < 4.78 is 18.1. The van der Waals surface area contributed by atoms with E-state index in [1.807, 2.05) is 48.7 Å². The molecule has 0 bridgehead atoms. The molecule has 1 rings (SSSR count). The maximum atomic E-state index is 12.9. The van der Waals surface area contributed by atoms with Gasteiger partial charge >= 0.3 is 5.97 Å². The Morgan fingerprint density at radius 2 is 1.77 bits per heavy atom. The molecule has 0 aliphatic carbocycles. The summed E-state index contributed by atoms with van der Waals surface area (Å²) in [6, 6.07) is 0.285. The Hall–Kier alpha value is -0.770. The van der Waals surface area contributed by atoms with Crippen LogP contribution in [0.25, 0.3) is 0 Å². The van der Waals surface area contributed by atoms with Crippen LogP contribution < -0.4 is 0 Å². The molecule has 0 aromatic rings. The Balaban J connectivity index is 3.10. The molecule has 10 atom stereocenters. The largest absolute Gasteiger partial charge is 0.462 e. The van der Waals surface area contributed by atoms with Gasteiger partial charge in [0.25, 0.3) is 0 Å². The zero-order valence-electron chi connectivity index (χ0n) is 23.7. The van der Waals surface area contributed by atoms with Crippen molar-refractivity contribution in [2.24, 2.45) is 23.7 Å². The molecule has 1 heterocycles. The van der Waals surface area contributed by atoms with Crippen LogP contribution in [0.15, 0.2) is 0 Å². The normalized spacial score (nSPS) is 28.1. The predicted octanol–water partition coefficient (Wildman–Crippen LogP) is 3.21. The average molecular weight is 504 g/mol. The van der Waals surface area contributed by atoms with Gasteiger partial charge in [-0.15, -0.1) is 0 Å². The number of carbonyl (C=O) groups is 1. The molecule has 0 radical (unpaired) electrons. The number of aliphatic hydroxyl groups excluding tert-OH is 2. The molecule has 208 valence electrons. The van der Waals surface area contributed by atoms with E-state index in [-0.39, 0.29) is 30.6 Å². The van der Waals surface area contributed by atoms with Crippen LogP contribution >= 0.6 is 0 Å². The number of hydrogen-bond acceptors (Lipinski definition) is 8. The lowest BCUT2D eigenvalue weighted by atomic mass is 9.78. The van der Waals surface area contributed by atoms with E-state index in [1.54, 1.807) is 20.8 Å². The first-order valence-corrected chi connectivity index (χ1v) is 13.3. The molecule has 8 unspecified atom stereocenters. The van der Waals surface area contributed by atoms with Gasteiger partial charge in [0.1, 0.15) is 6.10 Å². The van der Waals surface area contributed by atoms with Gasteiger partial charge in [-0.1, -0.05) is 34.6 Å². The highest BCUT2D eigenvalue weighted by atomic mass is 16.7. The van der Waals surface area contributed by atoms with Crippen molar-refractivity contribution in [1.82, 2.24) is 4.90 Å². The van der Waals surface area contributed by atoms with Crippen molar-refractivity contribution in [1.29, 1.82) is 0 Å². The SMILES string of the molecule is CC[C@H](OC(=O)C(C)C(O)C(C)C(O[C@H]1CC(N(C)C)CC(C)O1)C(C)(O)CC(C)C)C(C)CO. The number of hydrogen-bond donors (Lipinski definition) is 3. The third-order valence-electron chi connectivity index (χ3n) is 7.41. The Morgan fingerprint density at radius 1 is 1.17 bits per heavy atom. The van der Waals surface area contributed by atoms with Crippen molar-refractivity contribution < 1.29 is 34.3 Å². The summed E-state index contributed by atoms with van der Waals surface area (Å²) in [6.07, 6.45) is -0.204. The van der Waals surface area contributed by atoms with Crippen LogP contribution in [-0.2, 0) is 19.0 Å². The fourth-order valence-corrected chi connectivity index (χ4v) is 5.27. The Morgan fingerprint density at radius 3 is 2.26 bits per heavy atom.